The molecule has 33 heavy (non-hydrogen) atoms. The van der Waals surface area contributed by atoms with Crippen molar-refractivity contribution in [2.75, 3.05) is 25.4 Å². The van der Waals surface area contributed by atoms with Gasteiger partial charge in [-0.2, -0.15) is 4.98 Å². The number of hydrogen-bond donors (Lipinski definition) is 2. The monoisotopic (exact) mass is 445 g/mol. The molecule has 1 unspecified atom stereocenters. The van der Waals surface area contributed by atoms with Crippen LogP contribution in [0.3, 0.4) is 0 Å². The molecule has 9 heteroatoms. The Kier molecular flexibility index (Phi) is 4.72. The lowest BCUT2D eigenvalue weighted by molar-refractivity contribution is 0.0871. The summed E-state index contributed by atoms with van der Waals surface area (Å²) in [6.07, 6.45) is 5.23. The number of nitrogens with zero attached hydrogens (tertiary/aromatic N) is 5. The molecule has 3 N–H and O–H groups in total. The van der Waals surface area contributed by atoms with Crippen molar-refractivity contribution in [3.63, 3.8) is 0 Å². The highest BCUT2D eigenvalue weighted by molar-refractivity contribution is 5.85. The van der Waals surface area contributed by atoms with E-state index in [1.807, 2.05) is 0 Å². The van der Waals surface area contributed by atoms with Gasteiger partial charge in [-0.3, -0.25) is 9.97 Å². The van der Waals surface area contributed by atoms with Gasteiger partial charge in [-0.1, -0.05) is 24.3 Å². The molecule has 3 aliphatic rings. The van der Waals surface area contributed by atoms with E-state index < -0.39 is 11.5 Å². The molecule has 0 aliphatic carbocycles. The molecule has 168 valence electrons. The highest BCUT2D eigenvalue weighted by Crippen LogP contribution is 2.39. The first-order chi connectivity index (χ1) is 16.0. The Labute approximate surface area is 189 Å². The van der Waals surface area contributed by atoms with Crippen molar-refractivity contribution in [2.45, 2.75) is 25.3 Å². The lowest BCUT2D eigenvalue weighted by Crippen LogP contribution is -2.46. The maximum absolute atomic E-state index is 13.9. The molecule has 1 atom stereocenters. The number of pyridine rings is 1. The molecule has 3 aliphatic heterocycles. The number of benzene rings is 1. The molecule has 3 saturated heterocycles. The highest BCUT2D eigenvalue weighted by atomic mass is 19.1. The van der Waals surface area contributed by atoms with E-state index in [1.54, 1.807) is 4.57 Å². The van der Waals surface area contributed by atoms with E-state index >= 15 is 0 Å². The topological polar surface area (TPSA) is 106 Å². The van der Waals surface area contributed by atoms with Crippen LogP contribution in [-0.2, 0) is 6.54 Å². The van der Waals surface area contributed by atoms with E-state index in [4.69, 9.17) is 5.73 Å². The zero-order chi connectivity index (χ0) is 22.5. The van der Waals surface area contributed by atoms with Gasteiger partial charge in [-0.25, -0.2) is 14.2 Å². The Morgan fingerprint density at radius 1 is 1.12 bits per heavy atom. The average molecular weight is 446 g/mol. The number of anilines is 1. The van der Waals surface area contributed by atoms with Gasteiger partial charge in [0.1, 0.15) is 23.0 Å². The van der Waals surface area contributed by atoms with Crippen LogP contribution < -0.4 is 11.4 Å². The van der Waals surface area contributed by atoms with Gasteiger partial charge < -0.3 is 15.2 Å². The number of hydrogen-bond acceptors (Lipinski definition) is 6. The van der Waals surface area contributed by atoms with E-state index in [9.17, 15) is 9.18 Å². The van der Waals surface area contributed by atoms with Gasteiger partial charge in [0.05, 0.1) is 12.7 Å². The van der Waals surface area contributed by atoms with Gasteiger partial charge >= 0.3 is 5.69 Å². The van der Waals surface area contributed by atoms with Crippen LogP contribution in [-0.4, -0.2) is 49.0 Å². The maximum atomic E-state index is 13.9. The summed E-state index contributed by atoms with van der Waals surface area (Å²) in [6, 6.07) is 10.0. The SMILES string of the molecule is Nc1[nH]c(=O)nc2c1nc(-c1cncc(F)c1)n2Cc1ccc(C2CN3CCC2CC3)cc1. The Morgan fingerprint density at radius 2 is 1.91 bits per heavy atom. The van der Waals surface area contributed by atoms with Crippen LogP contribution in [0.2, 0.25) is 0 Å². The zero-order valence-corrected chi connectivity index (χ0v) is 18.0. The summed E-state index contributed by atoms with van der Waals surface area (Å²) in [5.41, 5.74) is 9.08. The molecular weight excluding hydrogens is 421 g/mol. The third kappa shape index (κ3) is 3.58. The number of rotatable bonds is 4. The second kappa shape index (κ2) is 7.77. The summed E-state index contributed by atoms with van der Waals surface area (Å²) < 4.78 is 15.7. The summed E-state index contributed by atoms with van der Waals surface area (Å²) in [5.74, 6) is 1.47. The second-order valence-electron chi connectivity index (χ2n) is 9.03. The number of aromatic nitrogens is 5. The molecular formula is C24H24FN7O. The quantitative estimate of drug-likeness (QED) is 0.500. The fraction of sp³-hybridized carbons (Fsp3) is 0.333. The van der Waals surface area contributed by atoms with Crippen molar-refractivity contribution in [1.29, 1.82) is 0 Å². The number of nitrogens with two attached hydrogens (primary N) is 1. The van der Waals surface area contributed by atoms with Gasteiger partial charge in [-0.15, -0.1) is 0 Å². The van der Waals surface area contributed by atoms with Crippen molar-refractivity contribution in [3.05, 3.63) is 70.2 Å². The predicted molar refractivity (Wildman–Crippen MR) is 123 cm³/mol. The highest BCUT2D eigenvalue weighted by Gasteiger charge is 2.34. The molecule has 8 nitrogen and oxygen atoms in total. The van der Waals surface area contributed by atoms with Crippen molar-refractivity contribution >= 4 is 17.0 Å². The molecule has 0 spiro atoms. The first-order valence-electron chi connectivity index (χ1n) is 11.2. The molecule has 0 amide bonds. The Morgan fingerprint density at radius 3 is 2.61 bits per heavy atom. The van der Waals surface area contributed by atoms with E-state index in [0.29, 0.717) is 35.0 Å². The van der Waals surface area contributed by atoms with E-state index in [0.717, 1.165) is 24.2 Å². The fourth-order valence-electron chi connectivity index (χ4n) is 5.34. The minimum absolute atomic E-state index is 0.132. The fourth-order valence-corrected chi connectivity index (χ4v) is 5.34. The molecule has 6 heterocycles. The number of halogens is 1. The number of aromatic amines is 1. The van der Waals surface area contributed by atoms with Crippen molar-refractivity contribution in [1.82, 2.24) is 29.4 Å². The minimum atomic E-state index is -0.553. The summed E-state index contributed by atoms with van der Waals surface area (Å²) in [4.78, 5) is 29.7. The van der Waals surface area contributed by atoms with Gasteiger partial charge in [0.25, 0.3) is 0 Å². The predicted octanol–water partition coefficient (Wildman–Crippen LogP) is 2.76. The Balaban J connectivity index is 1.38. The Bertz CT molecular complexity index is 1390. The molecule has 1 aromatic carbocycles. The van der Waals surface area contributed by atoms with Crippen LogP contribution in [0.1, 0.15) is 29.9 Å². The minimum Gasteiger partial charge on any atom is -0.383 e. The van der Waals surface area contributed by atoms with Crippen LogP contribution in [0.5, 0.6) is 0 Å². The molecule has 7 rings (SSSR count). The van der Waals surface area contributed by atoms with E-state index in [1.165, 1.54) is 43.8 Å². The van der Waals surface area contributed by atoms with E-state index in [-0.39, 0.29) is 5.82 Å². The van der Waals surface area contributed by atoms with E-state index in [2.05, 4.69) is 49.1 Å². The maximum Gasteiger partial charge on any atom is 0.348 e. The number of H-pyrrole nitrogens is 1. The number of imidazole rings is 1. The zero-order valence-electron chi connectivity index (χ0n) is 18.0. The summed E-state index contributed by atoms with van der Waals surface area (Å²) in [5, 5.41) is 0. The van der Waals surface area contributed by atoms with Crippen molar-refractivity contribution < 1.29 is 4.39 Å². The first kappa shape index (κ1) is 20.0. The number of fused-ring (bicyclic) bond motifs is 4. The standard InChI is InChI=1S/C24H24FN7O/c25-18-9-17(10-27-11-18)22-28-20-21(26)29-24(33)30-23(20)32(22)12-14-1-3-15(4-2-14)19-13-31-7-5-16(19)6-8-31/h1-4,9-11,16,19H,5-8,12-13H2,(H3,26,29,30,33). The van der Waals surface area contributed by atoms with Crippen LogP contribution in [0.15, 0.2) is 47.5 Å². The lowest BCUT2D eigenvalue weighted by atomic mass is 9.75. The molecule has 2 bridgehead atoms. The Hall–Kier alpha value is -3.59. The number of nitrogen functional groups attached to an aromatic ring is 1. The van der Waals surface area contributed by atoms with Gasteiger partial charge in [0.2, 0.25) is 0 Å². The van der Waals surface area contributed by atoms with Gasteiger partial charge in [0.15, 0.2) is 5.65 Å². The molecule has 0 saturated carbocycles. The average Bonchev–Trinajstić information content (AvgIpc) is 3.19. The summed E-state index contributed by atoms with van der Waals surface area (Å²) in [7, 11) is 0. The summed E-state index contributed by atoms with van der Waals surface area (Å²) in [6.45, 7) is 4.00. The second-order valence-corrected chi connectivity index (χ2v) is 9.03. The van der Waals surface area contributed by atoms with Gasteiger partial charge in [-0.05, 0) is 55.0 Å². The van der Waals surface area contributed by atoms with Crippen molar-refractivity contribution in [3.8, 4) is 11.4 Å². The van der Waals surface area contributed by atoms with Crippen LogP contribution in [0.4, 0.5) is 10.2 Å². The van der Waals surface area contributed by atoms with Crippen molar-refractivity contribution in [2.24, 2.45) is 5.92 Å². The normalized spacial score (nSPS) is 22.2. The van der Waals surface area contributed by atoms with Crippen LogP contribution >= 0.6 is 0 Å². The third-order valence-electron chi connectivity index (χ3n) is 7.01. The summed E-state index contributed by atoms with van der Waals surface area (Å²) >= 11 is 0. The third-order valence-corrected chi connectivity index (χ3v) is 7.01. The lowest BCUT2D eigenvalue weighted by Gasteiger charge is -2.45. The molecule has 3 fully saturated rings. The number of nitrogens with one attached hydrogen (secondary N) is 1. The molecule has 3 aromatic heterocycles. The molecule has 0 radical (unpaired) electrons. The largest absolute Gasteiger partial charge is 0.383 e. The smallest absolute Gasteiger partial charge is 0.348 e. The van der Waals surface area contributed by atoms with Crippen LogP contribution in [0, 0.1) is 11.7 Å². The van der Waals surface area contributed by atoms with Gasteiger partial charge in [0, 0.05) is 18.3 Å². The van der Waals surface area contributed by atoms with Crippen LogP contribution in [0.25, 0.3) is 22.6 Å². The molecule has 4 aromatic rings. The number of piperidine rings is 3. The first-order valence-corrected chi connectivity index (χ1v) is 11.2.